The Morgan fingerprint density at radius 1 is 1.33 bits per heavy atom. The van der Waals surface area contributed by atoms with Crippen LogP contribution in [0.1, 0.15) is 46.5 Å². The molecule has 0 saturated heterocycles. The molecule has 1 heterocycles. The lowest BCUT2D eigenvalue weighted by molar-refractivity contribution is 0.317. The molecule has 4 heteroatoms. The fourth-order valence-electron chi connectivity index (χ4n) is 2.15. The molecule has 0 aliphatic carbocycles. The Bertz CT molecular complexity index is 668. The van der Waals surface area contributed by atoms with Crippen molar-refractivity contribution >= 4 is 11.3 Å². The van der Waals surface area contributed by atoms with Gasteiger partial charge in [-0.1, -0.05) is 26.0 Å². The van der Waals surface area contributed by atoms with Crippen molar-refractivity contribution < 1.29 is 4.74 Å². The number of thiazole rings is 1. The van der Waals surface area contributed by atoms with Gasteiger partial charge in [0.25, 0.3) is 0 Å². The molecule has 0 unspecified atom stereocenters. The van der Waals surface area contributed by atoms with E-state index in [4.69, 9.17) is 10.00 Å². The van der Waals surface area contributed by atoms with Crippen LogP contribution >= 0.6 is 11.3 Å². The summed E-state index contributed by atoms with van der Waals surface area (Å²) in [4.78, 5) is 5.10. The van der Waals surface area contributed by atoms with Crippen LogP contribution in [-0.2, 0) is 6.42 Å². The fraction of sp³-hybridized carbons (Fsp3) is 0.412. The van der Waals surface area contributed by atoms with Crippen LogP contribution < -0.4 is 4.74 Å². The summed E-state index contributed by atoms with van der Waals surface area (Å²) in [6, 6.07) is 8.51. The smallest absolute Gasteiger partial charge is 0.127 e. The van der Waals surface area contributed by atoms with E-state index in [0.717, 1.165) is 22.9 Å². The molecule has 0 aliphatic heterocycles. The minimum atomic E-state index is 0.438. The number of aryl methyl sites for hydroxylation is 2. The third kappa shape index (κ3) is 3.83. The highest BCUT2D eigenvalue weighted by atomic mass is 32.1. The first kappa shape index (κ1) is 15.5. The Kier molecular flexibility index (Phi) is 4.98. The van der Waals surface area contributed by atoms with Gasteiger partial charge in [-0.2, -0.15) is 5.26 Å². The summed E-state index contributed by atoms with van der Waals surface area (Å²) in [6.07, 6.45) is 0.735. The molecule has 21 heavy (non-hydrogen) atoms. The third-order valence-electron chi connectivity index (χ3n) is 3.31. The van der Waals surface area contributed by atoms with E-state index < -0.39 is 0 Å². The average molecular weight is 300 g/mol. The standard InChI is InChI=1S/C17H20N2OS/c1-11(2)14-6-5-12(3)9-15(14)20-8-7-17-19-13(4)16(10-18)21-17/h5-6,9,11H,7-8H2,1-4H3. The first-order chi connectivity index (χ1) is 10.0. The van der Waals surface area contributed by atoms with Crippen LogP contribution in [0.5, 0.6) is 5.75 Å². The molecule has 0 fully saturated rings. The Morgan fingerprint density at radius 3 is 2.71 bits per heavy atom. The van der Waals surface area contributed by atoms with Gasteiger partial charge in [-0.3, -0.25) is 0 Å². The molecule has 0 aliphatic rings. The Hall–Kier alpha value is -1.86. The quantitative estimate of drug-likeness (QED) is 0.823. The molecular formula is C17H20N2OS. The number of nitrogens with zero attached hydrogens (tertiary/aromatic N) is 2. The second-order valence-electron chi connectivity index (χ2n) is 5.43. The molecule has 3 nitrogen and oxygen atoms in total. The first-order valence-corrected chi connectivity index (χ1v) is 7.92. The zero-order valence-corrected chi connectivity index (χ0v) is 13.8. The number of hydrogen-bond donors (Lipinski definition) is 0. The summed E-state index contributed by atoms with van der Waals surface area (Å²) in [6.45, 7) is 8.86. The average Bonchev–Trinajstić information content (AvgIpc) is 2.79. The monoisotopic (exact) mass is 300 g/mol. The van der Waals surface area contributed by atoms with E-state index in [1.54, 1.807) is 0 Å². The number of nitriles is 1. The highest BCUT2D eigenvalue weighted by molar-refractivity contribution is 7.12. The normalized spacial score (nSPS) is 10.7. The molecule has 0 amide bonds. The molecule has 0 radical (unpaired) electrons. The lowest BCUT2D eigenvalue weighted by Crippen LogP contribution is -2.04. The molecule has 2 aromatic rings. The van der Waals surface area contributed by atoms with E-state index in [9.17, 15) is 0 Å². The van der Waals surface area contributed by atoms with E-state index in [-0.39, 0.29) is 0 Å². The van der Waals surface area contributed by atoms with E-state index >= 15 is 0 Å². The molecule has 2 rings (SSSR count). The SMILES string of the molecule is Cc1ccc(C(C)C)c(OCCc2nc(C)c(C#N)s2)c1. The summed E-state index contributed by atoms with van der Waals surface area (Å²) >= 11 is 1.46. The van der Waals surface area contributed by atoms with Crippen molar-refractivity contribution in [1.29, 1.82) is 5.26 Å². The van der Waals surface area contributed by atoms with Gasteiger partial charge in [0.1, 0.15) is 16.7 Å². The molecule has 1 aromatic carbocycles. The number of aromatic nitrogens is 1. The van der Waals surface area contributed by atoms with Gasteiger partial charge >= 0.3 is 0 Å². The lowest BCUT2D eigenvalue weighted by atomic mass is 10.0. The topological polar surface area (TPSA) is 45.9 Å². The van der Waals surface area contributed by atoms with Gasteiger partial charge in [-0.15, -0.1) is 11.3 Å². The van der Waals surface area contributed by atoms with Crippen molar-refractivity contribution in [2.75, 3.05) is 6.61 Å². The maximum atomic E-state index is 8.95. The summed E-state index contributed by atoms with van der Waals surface area (Å²) in [5.41, 5.74) is 3.25. The van der Waals surface area contributed by atoms with Gasteiger partial charge in [-0.25, -0.2) is 4.98 Å². The molecule has 0 saturated carbocycles. The predicted molar refractivity (Wildman–Crippen MR) is 86.0 cm³/mol. The van der Waals surface area contributed by atoms with E-state index in [1.165, 1.54) is 22.5 Å². The predicted octanol–water partition coefficient (Wildman–Crippen LogP) is 4.38. The first-order valence-electron chi connectivity index (χ1n) is 7.11. The van der Waals surface area contributed by atoms with Crippen molar-refractivity contribution in [3.05, 3.63) is 44.9 Å². The van der Waals surface area contributed by atoms with Crippen molar-refractivity contribution in [2.24, 2.45) is 0 Å². The minimum absolute atomic E-state index is 0.438. The molecule has 0 atom stereocenters. The van der Waals surface area contributed by atoms with Gasteiger partial charge in [0.15, 0.2) is 0 Å². The number of ether oxygens (including phenoxy) is 1. The van der Waals surface area contributed by atoms with Crippen LogP contribution in [0.25, 0.3) is 0 Å². The lowest BCUT2D eigenvalue weighted by Gasteiger charge is -2.14. The zero-order valence-electron chi connectivity index (χ0n) is 12.9. The van der Waals surface area contributed by atoms with Crippen LogP contribution in [0, 0.1) is 25.2 Å². The van der Waals surface area contributed by atoms with Gasteiger partial charge in [0.05, 0.1) is 17.3 Å². The van der Waals surface area contributed by atoms with Crippen LogP contribution in [0.3, 0.4) is 0 Å². The number of hydrogen-bond acceptors (Lipinski definition) is 4. The zero-order chi connectivity index (χ0) is 15.4. The molecule has 0 spiro atoms. The van der Waals surface area contributed by atoms with Crippen LogP contribution in [0.15, 0.2) is 18.2 Å². The molecule has 110 valence electrons. The fourth-order valence-corrected chi connectivity index (χ4v) is 3.00. The van der Waals surface area contributed by atoms with Gasteiger partial charge in [0.2, 0.25) is 0 Å². The van der Waals surface area contributed by atoms with Crippen molar-refractivity contribution in [2.45, 2.75) is 40.0 Å². The van der Waals surface area contributed by atoms with Gasteiger partial charge in [-0.05, 0) is 37.0 Å². The molecule has 1 aromatic heterocycles. The highest BCUT2D eigenvalue weighted by Gasteiger charge is 2.10. The summed E-state index contributed by atoms with van der Waals surface area (Å²) in [7, 11) is 0. The van der Waals surface area contributed by atoms with Gasteiger partial charge in [0, 0.05) is 6.42 Å². The van der Waals surface area contributed by atoms with Crippen LogP contribution in [-0.4, -0.2) is 11.6 Å². The largest absolute Gasteiger partial charge is 0.493 e. The summed E-state index contributed by atoms with van der Waals surface area (Å²) in [5.74, 6) is 1.40. The second-order valence-corrected chi connectivity index (χ2v) is 6.51. The van der Waals surface area contributed by atoms with Crippen LogP contribution in [0.2, 0.25) is 0 Å². The molecule has 0 N–H and O–H groups in total. The third-order valence-corrected chi connectivity index (χ3v) is 4.43. The van der Waals surface area contributed by atoms with E-state index in [1.807, 2.05) is 6.92 Å². The van der Waals surface area contributed by atoms with Crippen LogP contribution in [0.4, 0.5) is 0 Å². The Balaban J connectivity index is 2.03. The molecule has 0 bridgehead atoms. The maximum Gasteiger partial charge on any atom is 0.127 e. The Labute approximate surface area is 130 Å². The second kappa shape index (κ2) is 6.73. The molecular weight excluding hydrogens is 280 g/mol. The Morgan fingerprint density at radius 2 is 2.10 bits per heavy atom. The summed E-state index contributed by atoms with van der Waals surface area (Å²) in [5, 5.41) is 9.91. The van der Waals surface area contributed by atoms with E-state index in [0.29, 0.717) is 17.4 Å². The van der Waals surface area contributed by atoms with Crippen molar-refractivity contribution in [1.82, 2.24) is 4.98 Å². The maximum absolute atomic E-state index is 8.95. The number of benzene rings is 1. The van der Waals surface area contributed by atoms with Gasteiger partial charge < -0.3 is 4.74 Å². The highest BCUT2D eigenvalue weighted by Crippen LogP contribution is 2.27. The summed E-state index contributed by atoms with van der Waals surface area (Å²) < 4.78 is 5.95. The number of rotatable bonds is 5. The van der Waals surface area contributed by atoms with Crippen molar-refractivity contribution in [3.63, 3.8) is 0 Å². The van der Waals surface area contributed by atoms with E-state index in [2.05, 4.69) is 50.0 Å². The minimum Gasteiger partial charge on any atom is -0.493 e. The van der Waals surface area contributed by atoms with Crippen molar-refractivity contribution in [3.8, 4) is 11.8 Å².